The van der Waals surface area contributed by atoms with Gasteiger partial charge in [0.2, 0.25) is 0 Å². The maximum Gasteiger partial charge on any atom is 0.255 e. The zero-order chi connectivity index (χ0) is 12.1. The third-order valence-corrected chi connectivity index (χ3v) is 4.13. The van der Waals surface area contributed by atoms with E-state index in [0.29, 0.717) is 0 Å². The van der Waals surface area contributed by atoms with Gasteiger partial charge >= 0.3 is 0 Å². The highest BCUT2D eigenvalue weighted by atomic mass is 32.2. The number of hydrogen-bond acceptors (Lipinski definition) is 3. The maximum absolute atomic E-state index is 11.9. The molecule has 1 aromatic rings. The molecule has 0 fully saturated rings. The van der Waals surface area contributed by atoms with Crippen molar-refractivity contribution in [3.05, 3.63) is 27.4 Å². The van der Waals surface area contributed by atoms with Crippen molar-refractivity contribution in [3.8, 4) is 0 Å². The van der Waals surface area contributed by atoms with Gasteiger partial charge in [0.25, 0.3) is 5.56 Å². The number of aromatic nitrogens is 2. The number of hydrogen-bond donors (Lipinski definition) is 1. The maximum atomic E-state index is 11.9. The molecule has 2 heterocycles. The highest BCUT2D eigenvalue weighted by Crippen LogP contribution is 2.20. The van der Waals surface area contributed by atoms with Crippen LogP contribution in [0.5, 0.6) is 0 Å². The Labute approximate surface area is 106 Å². The summed E-state index contributed by atoms with van der Waals surface area (Å²) >= 11 is 1.82. The van der Waals surface area contributed by atoms with Gasteiger partial charge in [0, 0.05) is 17.7 Å². The van der Waals surface area contributed by atoms with Gasteiger partial charge in [-0.05, 0) is 18.6 Å². The SMILES string of the molecule is CCCCCCc1nc2c(c(=O)[nH]1)CSCC2. The Balaban J connectivity index is 2.03. The number of thioether (sulfide) groups is 1. The predicted molar refractivity (Wildman–Crippen MR) is 72.6 cm³/mol. The molecule has 1 aliphatic rings. The van der Waals surface area contributed by atoms with E-state index in [-0.39, 0.29) is 5.56 Å². The molecule has 4 heteroatoms. The quantitative estimate of drug-likeness (QED) is 0.820. The van der Waals surface area contributed by atoms with Crippen LogP contribution in [0.15, 0.2) is 4.79 Å². The first-order valence-corrected chi connectivity index (χ1v) is 7.65. The zero-order valence-corrected chi connectivity index (χ0v) is 11.2. The summed E-state index contributed by atoms with van der Waals surface area (Å²) in [4.78, 5) is 19.4. The van der Waals surface area contributed by atoms with Crippen LogP contribution in [-0.2, 0) is 18.6 Å². The fraction of sp³-hybridized carbons (Fsp3) is 0.692. The number of H-pyrrole nitrogens is 1. The number of nitrogens with zero attached hydrogens (tertiary/aromatic N) is 1. The Kier molecular flexibility index (Phi) is 4.66. The molecule has 0 aromatic carbocycles. The van der Waals surface area contributed by atoms with Gasteiger partial charge in [0.05, 0.1) is 5.69 Å². The molecule has 1 aromatic heterocycles. The zero-order valence-electron chi connectivity index (χ0n) is 10.4. The number of fused-ring (bicyclic) bond motifs is 1. The van der Waals surface area contributed by atoms with E-state index in [4.69, 9.17) is 0 Å². The second-order valence-corrected chi connectivity index (χ2v) is 5.66. The topological polar surface area (TPSA) is 45.8 Å². The van der Waals surface area contributed by atoms with E-state index >= 15 is 0 Å². The first-order valence-electron chi connectivity index (χ1n) is 6.50. The lowest BCUT2D eigenvalue weighted by Gasteiger charge is -2.14. The monoisotopic (exact) mass is 252 g/mol. The largest absolute Gasteiger partial charge is 0.310 e. The fourth-order valence-corrected chi connectivity index (χ4v) is 3.12. The summed E-state index contributed by atoms with van der Waals surface area (Å²) < 4.78 is 0. The Hall–Kier alpha value is -0.770. The van der Waals surface area contributed by atoms with Crippen molar-refractivity contribution >= 4 is 11.8 Å². The van der Waals surface area contributed by atoms with Crippen LogP contribution >= 0.6 is 11.8 Å². The number of aromatic amines is 1. The minimum absolute atomic E-state index is 0.0905. The molecule has 17 heavy (non-hydrogen) atoms. The van der Waals surface area contributed by atoms with Crippen LogP contribution in [0.3, 0.4) is 0 Å². The first-order chi connectivity index (χ1) is 8.31. The summed E-state index contributed by atoms with van der Waals surface area (Å²) in [6, 6.07) is 0. The highest BCUT2D eigenvalue weighted by molar-refractivity contribution is 7.98. The Morgan fingerprint density at radius 3 is 3.06 bits per heavy atom. The number of nitrogens with one attached hydrogen (secondary N) is 1. The summed E-state index contributed by atoms with van der Waals surface area (Å²) in [5, 5.41) is 0. The van der Waals surface area contributed by atoms with Gasteiger partial charge in [-0.15, -0.1) is 0 Å². The van der Waals surface area contributed by atoms with E-state index in [1.54, 1.807) is 0 Å². The highest BCUT2D eigenvalue weighted by Gasteiger charge is 2.15. The van der Waals surface area contributed by atoms with E-state index in [0.717, 1.165) is 47.8 Å². The standard InChI is InChI=1S/C13H20N2OS/c1-2-3-4-5-6-12-14-11-7-8-17-9-10(11)13(16)15-12/h2-9H2,1H3,(H,14,15,16). The van der Waals surface area contributed by atoms with E-state index in [2.05, 4.69) is 16.9 Å². The van der Waals surface area contributed by atoms with Crippen LogP contribution in [0.25, 0.3) is 0 Å². The molecule has 94 valence electrons. The molecule has 0 aliphatic carbocycles. The molecule has 0 atom stereocenters. The van der Waals surface area contributed by atoms with Gasteiger partial charge in [-0.25, -0.2) is 4.98 Å². The van der Waals surface area contributed by atoms with Crippen molar-refractivity contribution in [1.82, 2.24) is 9.97 Å². The van der Waals surface area contributed by atoms with Crippen LogP contribution in [0.4, 0.5) is 0 Å². The van der Waals surface area contributed by atoms with E-state index < -0.39 is 0 Å². The summed E-state index contributed by atoms with van der Waals surface area (Å²) in [7, 11) is 0. The van der Waals surface area contributed by atoms with Gasteiger partial charge in [-0.2, -0.15) is 11.8 Å². The fourth-order valence-electron chi connectivity index (χ4n) is 2.13. The van der Waals surface area contributed by atoms with Crippen LogP contribution in [-0.4, -0.2) is 15.7 Å². The van der Waals surface area contributed by atoms with E-state index in [1.807, 2.05) is 11.8 Å². The Morgan fingerprint density at radius 1 is 1.35 bits per heavy atom. The molecule has 0 bridgehead atoms. The Morgan fingerprint density at radius 2 is 2.24 bits per heavy atom. The molecular weight excluding hydrogens is 232 g/mol. The van der Waals surface area contributed by atoms with Crippen LogP contribution < -0.4 is 5.56 Å². The molecule has 0 saturated heterocycles. The molecule has 1 N–H and O–H groups in total. The molecule has 0 unspecified atom stereocenters. The van der Waals surface area contributed by atoms with Crippen molar-refractivity contribution in [3.63, 3.8) is 0 Å². The molecule has 0 spiro atoms. The third kappa shape index (κ3) is 3.35. The van der Waals surface area contributed by atoms with Crippen molar-refractivity contribution in [2.24, 2.45) is 0 Å². The molecule has 0 saturated carbocycles. The lowest BCUT2D eigenvalue weighted by Crippen LogP contribution is -2.22. The Bertz CT molecular complexity index is 428. The average molecular weight is 252 g/mol. The lowest BCUT2D eigenvalue weighted by molar-refractivity contribution is 0.647. The van der Waals surface area contributed by atoms with Crippen molar-refractivity contribution in [2.45, 2.75) is 51.2 Å². The predicted octanol–water partition coefficient (Wildman–Crippen LogP) is 2.68. The van der Waals surface area contributed by atoms with Gasteiger partial charge in [0.15, 0.2) is 0 Å². The van der Waals surface area contributed by atoms with Crippen LogP contribution in [0.1, 0.15) is 49.7 Å². The van der Waals surface area contributed by atoms with Gasteiger partial charge in [0.1, 0.15) is 5.82 Å². The summed E-state index contributed by atoms with van der Waals surface area (Å²) in [5.41, 5.74) is 2.03. The molecule has 3 nitrogen and oxygen atoms in total. The molecule has 2 rings (SSSR count). The van der Waals surface area contributed by atoms with Gasteiger partial charge in [-0.3, -0.25) is 4.79 Å². The van der Waals surface area contributed by atoms with Crippen molar-refractivity contribution in [1.29, 1.82) is 0 Å². The summed E-state index contributed by atoms with van der Waals surface area (Å²) in [6.45, 7) is 2.21. The van der Waals surface area contributed by atoms with Gasteiger partial charge in [-0.1, -0.05) is 26.2 Å². The second-order valence-electron chi connectivity index (χ2n) is 4.55. The molecule has 0 amide bonds. The van der Waals surface area contributed by atoms with E-state index in [9.17, 15) is 4.79 Å². The van der Waals surface area contributed by atoms with Crippen LogP contribution in [0.2, 0.25) is 0 Å². The minimum atomic E-state index is 0.0905. The van der Waals surface area contributed by atoms with Crippen molar-refractivity contribution < 1.29 is 0 Å². The lowest BCUT2D eigenvalue weighted by atomic mass is 10.1. The molecular formula is C13H20N2OS. The molecule has 1 aliphatic heterocycles. The number of rotatable bonds is 5. The van der Waals surface area contributed by atoms with Gasteiger partial charge < -0.3 is 4.98 Å². The average Bonchev–Trinajstić information content (AvgIpc) is 2.35. The minimum Gasteiger partial charge on any atom is -0.310 e. The smallest absolute Gasteiger partial charge is 0.255 e. The number of aryl methyl sites for hydroxylation is 2. The first kappa shape index (κ1) is 12.7. The van der Waals surface area contributed by atoms with Crippen molar-refractivity contribution in [2.75, 3.05) is 5.75 Å². The normalized spacial score (nSPS) is 14.6. The van der Waals surface area contributed by atoms with Crippen LogP contribution in [0, 0.1) is 0 Å². The molecule has 0 radical (unpaired) electrons. The summed E-state index contributed by atoms with van der Waals surface area (Å²) in [6.07, 6.45) is 6.73. The second kappa shape index (κ2) is 6.24. The third-order valence-electron chi connectivity index (χ3n) is 3.15. The summed E-state index contributed by atoms with van der Waals surface area (Å²) in [5.74, 6) is 2.81. The number of unbranched alkanes of at least 4 members (excludes halogenated alkanes) is 3. The van der Waals surface area contributed by atoms with E-state index in [1.165, 1.54) is 19.3 Å².